The van der Waals surface area contributed by atoms with E-state index in [1.807, 2.05) is 0 Å². The number of ether oxygens (including phenoxy) is 1. The van der Waals surface area contributed by atoms with Crippen LogP contribution in [0.1, 0.15) is 23.3 Å². The third kappa shape index (κ3) is 3.02. The van der Waals surface area contributed by atoms with Crippen LogP contribution < -0.4 is 5.32 Å². The van der Waals surface area contributed by atoms with Gasteiger partial charge in [-0.05, 0) is 24.8 Å². The van der Waals surface area contributed by atoms with Gasteiger partial charge < -0.3 is 15.2 Å². The van der Waals surface area contributed by atoms with Gasteiger partial charge in [0.2, 0.25) is 5.82 Å². The molecule has 0 aromatic carbocycles. The first-order valence-corrected chi connectivity index (χ1v) is 6.17. The minimum atomic E-state index is -0.651. The second-order valence-corrected chi connectivity index (χ2v) is 4.69. The fourth-order valence-electron chi connectivity index (χ4n) is 2.06. The zero-order valence-corrected chi connectivity index (χ0v) is 10.9. The Morgan fingerprint density at radius 1 is 1.60 bits per heavy atom. The molecule has 0 radical (unpaired) electrons. The molecule has 8 heteroatoms. The highest BCUT2D eigenvalue weighted by molar-refractivity contribution is 5.88. The first-order valence-electron chi connectivity index (χ1n) is 6.17. The zero-order chi connectivity index (χ0) is 14.7. The standard InChI is InChI=1S/C12H15N3O5/c1-20-12(17)9-2-3-10(15(18)19)11(14-9)13-6-7-4-8(16)5-7/h2-3,7-8,16H,4-6H2,1H3,(H,13,14). The number of esters is 1. The van der Waals surface area contributed by atoms with Crippen LogP contribution in [0.3, 0.4) is 0 Å². The Morgan fingerprint density at radius 3 is 2.85 bits per heavy atom. The zero-order valence-electron chi connectivity index (χ0n) is 10.9. The molecule has 108 valence electrons. The highest BCUT2D eigenvalue weighted by atomic mass is 16.6. The summed E-state index contributed by atoms with van der Waals surface area (Å²) >= 11 is 0. The van der Waals surface area contributed by atoms with E-state index < -0.39 is 10.9 Å². The molecule has 8 nitrogen and oxygen atoms in total. The van der Waals surface area contributed by atoms with Crippen LogP contribution in [0.2, 0.25) is 0 Å². The van der Waals surface area contributed by atoms with Gasteiger partial charge in [0, 0.05) is 12.6 Å². The number of hydrogen-bond acceptors (Lipinski definition) is 7. The maximum atomic E-state index is 11.4. The van der Waals surface area contributed by atoms with Crippen LogP contribution in [0.25, 0.3) is 0 Å². The van der Waals surface area contributed by atoms with Gasteiger partial charge in [0.05, 0.1) is 18.1 Å². The van der Waals surface area contributed by atoms with Crippen LogP contribution in [0.4, 0.5) is 11.5 Å². The van der Waals surface area contributed by atoms with E-state index in [2.05, 4.69) is 15.0 Å². The first kappa shape index (κ1) is 14.2. The molecule has 1 aromatic heterocycles. The Labute approximate surface area is 114 Å². The Balaban J connectivity index is 2.14. The van der Waals surface area contributed by atoms with E-state index in [4.69, 9.17) is 0 Å². The second kappa shape index (κ2) is 5.83. The fourth-order valence-corrected chi connectivity index (χ4v) is 2.06. The van der Waals surface area contributed by atoms with Gasteiger partial charge in [0.1, 0.15) is 0 Å². The van der Waals surface area contributed by atoms with E-state index in [9.17, 15) is 20.0 Å². The lowest BCUT2D eigenvalue weighted by Crippen LogP contribution is -2.33. The SMILES string of the molecule is COC(=O)c1ccc([N+](=O)[O-])c(NCC2CC(O)C2)n1. The van der Waals surface area contributed by atoms with E-state index in [-0.39, 0.29) is 29.2 Å². The number of carbonyl (C=O) groups is 1. The smallest absolute Gasteiger partial charge is 0.356 e. The predicted octanol–water partition coefficient (Wildman–Crippen LogP) is 0.959. The number of carbonyl (C=O) groups excluding carboxylic acids is 1. The molecule has 0 amide bonds. The molecule has 1 heterocycles. The number of rotatable bonds is 5. The van der Waals surface area contributed by atoms with Crippen molar-refractivity contribution in [1.29, 1.82) is 0 Å². The molecule has 0 atom stereocenters. The van der Waals surface area contributed by atoms with Crippen LogP contribution in [-0.4, -0.2) is 40.7 Å². The molecule has 1 aromatic rings. The quantitative estimate of drug-likeness (QED) is 0.469. The van der Waals surface area contributed by atoms with E-state index in [0.717, 1.165) is 0 Å². The summed E-state index contributed by atoms with van der Waals surface area (Å²) in [5.74, 6) is -0.352. The van der Waals surface area contributed by atoms with Crippen molar-refractivity contribution in [3.8, 4) is 0 Å². The summed E-state index contributed by atoms with van der Waals surface area (Å²) in [6.45, 7) is 0.468. The van der Waals surface area contributed by atoms with Crippen LogP contribution >= 0.6 is 0 Å². The number of nitro groups is 1. The van der Waals surface area contributed by atoms with Crippen molar-refractivity contribution >= 4 is 17.5 Å². The lowest BCUT2D eigenvalue weighted by molar-refractivity contribution is -0.384. The van der Waals surface area contributed by atoms with E-state index in [1.54, 1.807) is 0 Å². The van der Waals surface area contributed by atoms with Gasteiger partial charge in [-0.1, -0.05) is 0 Å². The Hall–Kier alpha value is -2.22. The average molecular weight is 281 g/mol. The number of pyridine rings is 1. The molecular formula is C12H15N3O5. The van der Waals surface area contributed by atoms with Gasteiger partial charge in [0.15, 0.2) is 5.69 Å². The Morgan fingerprint density at radius 2 is 2.30 bits per heavy atom. The van der Waals surface area contributed by atoms with Gasteiger partial charge >= 0.3 is 11.7 Å². The molecule has 2 N–H and O–H groups in total. The molecule has 0 aliphatic heterocycles. The van der Waals surface area contributed by atoms with Crippen molar-refractivity contribution in [2.24, 2.45) is 5.92 Å². The van der Waals surface area contributed by atoms with E-state index in [1.165, 1.54) is 19.2 Å². The van der Waals surface area contributed by atoms with E-state index in [0.29, 0.717) is 19.4 Å². The van der Waals surface area contributed by atoms with Gasteiger partial charge in [-0.25, -0.2) is 9.78 Å². The molecule has 1 fully saturated rings. The van der Waals surface area contributed by atoms with Crippen molar-refractivity contribution in [2.75, 3.05) is 19.0 Å². The molecule has 0 spiro atoms. The third-order valence-corrected chi connectivity index (χ3v) is 3.23. The normalized spacial score (nSPS) is 20.9. The third-order valence-electron chi connectivity index (χ3n) is 3.23. The maximum absolute atomic E-state index is 11.4. The van der Waals surface area contributed by atoms with Gasteiger partial charge in [-0.3, -0.25) is 10.1 Å². The van der Waals surface area contributed by atoms with Crippen molar-refractivity contribution < 1.29 is 19.6 Å². The predicted molar refractivity (Wildman–Crippen MR) is 69.5 cm³/mol. The topological polar surface area (TPSA) is 115 Å². The van der Waals surface area contributed by atoms with Crippen molar-refractivity contribution in [3.63, 3.8) is 0 Å². The summed E-state index contributed by atoms with van der Waals surface area (Å²) in [7, 11) is 1.22. The fraction of sp³-hybridized carbons (Fsp3) is 0.500. The lowest BCUT2D eigenvalue weighted by Gasteiger charge is -2.31. The van der Waals surface area contributed by atoms with Crippen molar-refractivity contribution in [1.82, 2.24) is 4.98 Å². The number of aromatic nitrogens is 1. The number of aliphatic hydroxyl groups is 1. The van der Waals surface area contributed by atoms with Crippen molar-refractivity contribution in [2.45, 2.75) is 18.9 Å². The van der Waals surface area contributed by atoms with Crippen LogP contribution in [-0.2, 0) is 4.74 Å². The van der Waals surface area contributed by atoms with Crippen molar-refractivity contribution in [3.05, 3.63) is 27.9 Å². The minimum absolute atomic E-state index is 0.00856. The molecule has 1 aliphatic carbocycles. The number of nitrogens with one attached hydrogen (secondary N) is 1. The first-order chi connectivity index (χ1) is 9.51. The summed E-state index contributed by atoms with van der Waals surface area (Å²) in [6, 6.07) is 2.47. The molecule has 1 aliphatic rings. The van der Waals surface area contributed by atoms with Gasteiger partial charge in [-0.15, -0.1) is 0 Å². The average Bonchev–Trinajstić information content (AvgIpc) is 2.40. The molecule has 2 rings (SSSR count). The van der Waals surface area contributed by atoms with E-state index >= 15 is 0 Å². The summed E-state index contributed by atoms with van der Waals surface area (Å²) < 4.78 is 4.53. The molecule has 20 heavy (non-hydrogen) atoms. The van der Waals surface area contributed by atoms with Crippen LogP contribution in [0.15, 0.2) is 12.1 Å². The second-order valence-electron chi connectivity index (χ2n) is 4.69. The number of anilines is 1. The summed E-state index contributed by atoms with van der Waals surface area (Å²) in [4.78, 5) is 25.7. The Kier molecular flexibility index (Phi) is 4.14. The molecule has 0 bridgehead atoms. The largest absolute Gasteiger partial charge is 0.464 e. The van der Waals surface area contributed by atoms with Crippen LogP contribution in [0.5, 0.6) is 0 Å². The molecular weight excluding hydrogens is 266 g/mol. The molecule has 1 saturated carbocycles. The van der Waals surface area contributed by atoms with Crippen LogP contribution in [0, 0.1) is 16.0 Å². The highest BCUT2D eigenvalue weighted by Gasteiger charge is 2.28. The number of hydrogen-bond donors (Lipinski definition) is 2. The minimum Gasteiger partial charge on any atom is -0.464 e. The molecule has 0 unspecified atom stereocenters. The summed E-state index contributed by atoms with van der Waals surface area (Å²) in [6.07, 6.45) is 1.04. The Bertz CT molecular complexity index is 528. The highest BCUT2D eigenvalue weighted by Crippen LogP contribution is 2.29. The maximum Gasteiger partial charge on any atom is 0.356 e. The van der Waals surface area contributed by atoms with Gasteiger partial charge in [-0.2, -0.15) is 0 Å². The van der Waals surface area contributed by atoms with Gasteiger partial charge in [0.25, 0.3) is 0 Å². The number of nitrogens with zero attached hydrogens (tertiary/aromatic N) is 2. The lowest BCUT2D eigenvalue weighted by atomic mass is 9.82. The number of aliphatic hydroxyl groups excluding tert-OH is 1. The molecule has 0 saturated heterocycles. The summed E-state index contributed by atoms with van der Waals surface area (Å²) in [5.41, 5.74) is -0.188. The monoisotopic (exact) mass is 281 g/mol. The summed E-state index contributed by atoms with van der Waals surface area (Å²) in [5, 5.41) is 23.0. The number of methoxy groups -OCH3 is 1.